The number of fused-ring (bicyclic) bond motifs is 1. The maximum absolute atomic E-state index is 12.1. The zero-order valence-electron chi connectivity index (χ0n) is 12.3. The van der Waals surface area contributed by atoms with Gasteiger partial charge >= 0.3 is 5.63 Å². The molecule has 3 rings (SSSR count). The minimum Gasteiger partial charge on any atom is -0.419 e. The van der Waals surface area contributed by atoms with Crippen LogP contribution in [0.5, 0.6) is 0 Å². The summed E-state index contributed by atoms with van der Waals surface area (Å²) < 4.78 is 5.59. The lowest BCUT2D eigenvalue weighted by molar-refractivity contribution is 0.553. The summed E-state index contributed by atoms with van der Waals surface area (Å²) in [6, 6.07) is 7.92. The van der Waals surface area contributed by atoms with Gasteiger partial charge in [-0.15, -0.1) is 0 Å². The average molecular weight is 287 g/mol. The zero-order chi connectivity index (χ0) is 14.7. The van der Waals surface area contributed by atoms with Gasteiger partial charge in [0.2, 0.25) is 0 Å². The van der Waals surface area contributed by atoms with E-state index in [4.69, 9.17) is 4.42 Å². The van der Waals surface area contributed by atoms with Gasteiger partial charge in [0.25, 0.3) is 0 Å². The van der Waals surface area contributed by atoms with Crippen molar-refractivity contribution in [3.05, 3.63) is 34.7 Å². The minimum absolute atomic E-state index is 0.293. The second kappa shape index (κ2) is 6.18. The van der Waals surface area contributed by atoms with Crippen molar-refractivity contribution in [2.24, 2.45) is 0 Å². The number of rotatable bonds is 4. The van der Waals surface area contributed by atoms with Crippen molar-refractivity contribution in [2.45, 2.75) is 13.3 Å². The molecule has 21 heavy (non-hydrogen) atoms. The number of nitrogens with one attached hydrogen (secondary N) is 2. The van der Waals surface area contributed by atoms with E-state index < -0.39 is 0 Å². The fourth-order valence-electron chi connectivity index (χ4n) is 2.67. The zero-order valence-corrected chi connectivity index (χ0v) is 12.3. The van der Waals surface area contributed by atoms with Gasteiger partial charge in [0.15, 0.2) is 5.58 Å². The molecule has 0 bridgehead atoms. The van der Waals surface area contributed by atoms with Crippen molar-refractivity contribution >= 4 is 22.3 Å². The Morgan fingerprint density at radius 3 is 2.90 bits per heavy atom. The third kappa shape index (κ3) is 2.88. The van der Waals surface area contributed by atoms with Gasteiger partial charge in [-0.2, -0.15) is 0 Å². The number of para-hydroxylation sites is 1. The molecule has 1 saturated heterocycles. The number of hydrogen-bond acceptors (Lipinski definition) is 5. The van der Waals surface area contributed by atoms with E-state index >= 15 is 0 Å². The van der Waals surface area contributed by atoms with Gasteiger partial charge in [0.05, 0.1) is 5.69 Å². The smallest absolute Gasteiger partial charge is 0.359 e. The summed E-state index contributed by atoms with van der Waals surface area (Å²) >= 11 is 0. The van der Waals surface area contributed by atoms with Crippen molar-refractivity contribution in [2.75, 3.05) is 42.9 Å². The second-order valence-electron chi connectivity index (χ2n) is 5.31. The number of hydrogen-bond donors (Lipinski definition) is 2. The summed E-state index contributed by atoms with van der Waals surface area (Å²) in [4.78, 5) is 14.4. The van der Waals surface area contributed by atoms with Crippen LogP contribution in [0, 0.1) is 0 Å². The number of anilines is 2. The van der Waals surface area contributed by atoms with E-state index in [9.17, 15) is 4.79 Å². The first-order valence-electron chi connectivity index (χ1n) is 7.56. The molecule has 0 radical (unpaired) electrons. The second-order valence-corrected chi connectivity index (χ2v) is 5.31. The molecule has 0 amide bonds. The predicted molar refractivity (Wildman–Crippen MR) is 86.3 cm³/mol. The highest BCUT2D eigenvalue weighted by Crippen LogP contribution is 2.27. The van der Waals surface area contributed by atoms with Gasteiger partial charge in [-0.1, -0.05) is 19.1 Å². The fourth-order valence-corrected chi connectivity index (χ4v) is 2.67. The van der Waals surface area contributed by atoms with Gasteiger partial charge in [-0.3, -0.25) is 0 Å². The monoisotopic (exact) mass is 287 g/mol. The number of piperazine rings is 1. The summed E-state index contributed by atoms with van der Waals surface area (Å²) in [7, 11) is 0. The van der Waals surface area contributed by atoms with Gasteiger partial charge in [-0.05, 0) is 18.6 Å². The van der Waals surface area contributed by atoms with E-state index in [1.165, 1.54) is 0 Å². The predicted octanol–water partition coefficient (Wildman–Crippen LogP) is 2.02. The Balaban J connectivity index is 2.02. The molecule has 112 valence electrons. The normalized spacial score (nSPS) is 15.4. The highest BCUT2D eigenvalue weighted by Gasteiger charge is 2.15. The van der Waals surface area contributed by atoms with E-state index in [0.717, 1.165) is 50.2 Å². The van der Waals surface area contributed by atoms with E-state index in [0.29, 0.717) is 11.3 Å². The molecule has 0 aliphatic carbocycles. The molecular weight excluding hydrogens is 266 g/mol. The maximum Gasteiger partial charge on any atom is 0.359 e. The topological polar surface area (TPSA) is 57.5 Å². The summed E-state index contributed by atoms with van der Waals surface area (Å²) in [5.74, 6) is 0. The van der Waals surface area contributed by atoms with Gasteiger partial charge in [0, 0.05) is 38.1 Å². The number of nitrogens with zero attached hydrogens (tertiary/aromatic N) is 1. The molecular formula is C16H21N3O2. The highest BCUT2D eigenvalue weighted by molar-refractivity contribution is 5.90. The van der Waals surface area contributed by atoms with Crippen LogP contribution >= 0.6 is 0 Å². The van der Waals surface area contributed by atoms with Gasteiger partial charge < -0.3 is 20.0 Å². The standard InChI is InChI=1S/C16H21N3O2/c1-2-6-18-13-11-12-4-3-5-14(15(12)21-16(13)20)19-9-7-17-8-10-19/h3-5,11,17-18H,2,6-10H2,1H3. The molecule has 1 aliphatic heterocycles. The molecule has 2 heterocycles. The first kappa shape index (κ1) is 13.9. The molecule has 5 nitrogen and oxygen atoms in total. The third-order valence-electron chi connectivity index (χ3n) is 3.76. The molecule has 2 N–H and O–H groups in total. The highest BCUT2D eigenvalue weighted by atomic mass is 16.4. The molecule has 1 aromatic heterocycles. The van der Waals surface area contributed by atoms with Gasteiger partial charge in [-0.25, -0.2) is 4.79 Å². The average Bonchev–Trinajstić information content (AvgIpc) is 2.53. The fraction of sp³-hybridized carbons (Fsp3) is 0.438. The summed E-state index contributed by atoms with van der Waals surface area (Å²) in [6.07, 6.45) is 0.971. The first-order valence-corrected chi connectivity index (χ1v) is 7.56. The van der Waals surface area contributed by atoms with Gasteiger partial charge in [0.1, 0.15) is 5.69 Å². The molecule has 2 aromatic rings. The van der Waals surface area contributed by atoms with E-state index in [2.05, 4.69) is 22.5 Å². The van der Waals surface area contributed by atoms with Crippen LogP contribution in [0.1, 0.15) is 13.3 Å². The Morgan fingerprint density at radius 1 is 1.33 bits per heavy atom. The van der Waals surface area contributed by atoms with Crippen molar-refractivity contribution in [3.8, 4) is 0 Å². The SMILES string of the molecule is CCCNc1cc2cccc(N3CCNCC3)c2oc1=O. The van der Waals surface area contributed by atoms with Crippen LogP contribution in [0.15, 0.2) is 33.5 Å². The molecule has 1 aromatic carbocycles. The summed E-state index contributed by atoms with van der Waals surface area (Å²) in [6.45, 7) is 6.61. The molecule has 0 unspecified atom stereocenters. The molecule has 1 aliphatic rings. The molecule has 0 saturated carbocycles. The van der Waals surface area contributed by atoms with Crippen LogP contribution < -0.4 is 21.2 Å². The van der Waals surface area contributed by atoms with E-state index in [1.807, 2.05) is 24.3 Å². The Hall–Kier alpha value is -2.01. The van der Waals surface area contributed by atoms with E-state index in [-0.39, 0.29) is 5.63 Å². The summed E-state index contributed by atoms with van der Waals surface area (Å²) in [5, 5.41) is 7.42. The van der Waals surface area contributed by atoms with Crippen LogP contribution in [0.2, 0.25) is 0 Å². The third-order valence-corrected chi connectivity index (χ3v) is 3.76. The molecule has 5 heteroatoms. The minimum atomic E-state index is -0.293. The Labute approximate surface area is 123 Å². The first-order chi connectivity index (χ1) is 10.3. The largest absolute Gasteiger partial charge is 0.419 e. The van der Waals surface area contributed by atoms with Crippen LogP contribution in [0.25, 0.3) is 11.0 Å². The lowest BCUT2D eigenvalue weighted by Crippen LogP contribution is -2.43. The Kier molecular flexibility index (Phi) is 4.10. The maximum atomic E-state index is 12.1. The Morgan fingerprint density at radius 2 is 2.14 bits per heavy atom. The summed E-state index contributed by atoms with van der Waals surface area (Å²) in [5.41, 5.74) is 1.94. The van der Waals surface area contributed by atoms with Crippen molar-refractivity contribution in [1.82, 2.24) is 5.32 Å². The van der Waals surface area contributed by atoms with Crippen molar-refractivity contribution < 1.29 is 4.42 Å². The molecule has 1 fully saturated rings. The van der Waals surface area contributed by atoms with Crippen LogP contribution in [0.3, 0.4) is 0 Å². The van der Waals surface area contributed by atoms with E-state index in [1.54, 1.807) is 0 Å². The Bertz CT molecular complexity index is 675. The lowest BCUT2D eigenvalue weighted by Gasteiger charge is -2.29. The van der Waals surface area contributed by atoms with Crippen molar-refractivity contribution in [3.63, 3.8) is 0 Å². The van der Waals surface area contributed by atoms with Crippen LogP contribution in [-0.2, 0) is 0 Å². The van der Waals surface area contributed by atoms with Crippen LogP contribution in [-0.4, -0.2) is 32.7 Å². The molecule has 0 atom stereocenters. The lowest BCUT2D eigenvalue weighted by atomic mass is 10.1. The number of benzene rings is 1. The van der Waals surface area contributed by atoms with Crippen LogP contribution in [0.4, 0.5) is 11.4 Å². The van der Waals surface area contributed by atoms with Crippen molar-refractivity contribution in [1.29, 1.82) is 0 Å². The molecule has 0 spiro atoms. The quantitative estimate of drug-likeness (QED) is 0.843.